The number of nitrogens with zero attached hydrogens (tertiary/aromatic N) is 4. The summed E-state index contributed by atoms with van der Waals surface area (Å²) in [7, 11) is 1.61. The fraction of sp³-hybridized carbons (Fsp3) is 0.357. The number of nitrogens with one attached hydrogen (secondary N) is 1. The molecule has 1 aliphatic heterocycles. The highest BCUT2D eigenvalue weighted by Gasteiger charge is 2.13. The average Bonchev–Trinajstić information content (AvgIpc) is 2.56. The van der Waals surface area contributed by atoms with Crippen LogP contribution >= 0.6 is 0 Å². The molecule has 0 unspecified atom stereocenters. The van der Waals surface area contributed by atoms with E-state index in [-0.39, 0.29) is 0 Å². The normalized spacial score (nSPS) is 15.2. The summed E-state index contributed by atoms with van der Waals surface area (Å²) in [6.07, 6.45) is 5.35. The first-order valence-electron chi connectivity index (χ1n) is 6.65. The Labute approximate surface area is 117 Å². The molecule has 0 bridgehead atoms. The summed E-state index contributed by atoms with van der Waals surface area (Å²) in [6.45, 7) is 3.83. The molecule has 0 aromatic carbocycles. The molecule has 2 aromatic heterocycles. The van der Waals surface area contributed by atoms with Crippen LogP contribution in [0.2, 0.25) is 0 Å². The number of hydrogen-bond donors (Lipinski definition) is 1. The summed E-state index contributed by atoms with van der Waals surface area (Å²) in [6, 6.07) is 3.83. The lowest BCUT2D eigenvalue weighted by Gasteiger charge is -2.27. The van der Waals surface area contributed by atoms with Gasteiger partial charge < -0.3 is 15.0 Å². The molecule has 0 radical (unpaired) electrons. The van der Waals surface area contributed by atoms with E-state index in [0.29, 0.717) is 5.88 Å². The van der Waals surface area contributed by atoms with Gasteiger partial charge >= 0.3 is 0 Å². The maximum atomic E-state index is 5.26. The SMILES string of the molecule is COc1ncccc1-c1cnc(N2CCNCC2)nc1. The summed E-state index contributed by atoms with van der Waals surface area (Å²) in [5.74, 6) is 1.36. The molecule has 0 saturated carbocycles. The number of rotatable bonds is 3. The van der Waals surface area contributed by atoms with E-state index in [1.807, 2.05) is 24.5 Å². The average molecular weight is 271 g/mol. The van der Waals surface area contributed by atoms with Crippen LogP contribution in [0.1, 0.15) is 0 Å². The van der Waals surface area contributed by atoms with Gasteiger partial charge in [-0.1, -0.05) is 0 Å². The fourth-order valence-electron chi connectivity index (χ4n) is 2.26. The number of methoxy groups -OCH3 is 1. The molecule has 1 aliphatic rings. The summed E-state index contributed by atoms with van der Waals surface area (Å²) in [5.41, 5.74) is 1.82. The zero-order valence-corrected chi connectivity index (χ0v) is 11.4. The molecule has 6 nitrogen and oxygen atoms in total. The summed E-state index contributed by atoms with van der Waals surface area (Å²) >= 11 is 0. The predicted molar refractivity (Wildman–Crippen MR) is 76.9 cm³/mol. The molecule has 0 atom stereocenters. The number of aromatic nitrogens is 3. The lowest BCUT2D eigenvalue weighted by Crippen LogP contribution is -2.44. The molecule has 0 aliphatic carbocycles. The van der Waals surface area contributed by atoms with Crippen LogP contribution in [-0.2, 0) is 0 Å². The number of piperazine rings is 1. The third-order valence-corrected chi connectivity index (χ3v) is 3.31. The van der Waals surface area contributed by atoms with Gasteiger partial charge in [0.2, 0.25) is 11.8 Å². The second-order valence-corrected chi connectivity index (χ2v) is 4.57. The number of pyridine rings is 1. The minimum Gasteiger partial charge on any atom is -0.481 e. The highest BCUT2D eigenvalue weighted by atomic mass is 16.5. The van der Waals surface area contributed by atoms with Crippen LogP contribution < -0.4 is 15.0 Å². The molecular weight excluding hydrogens is 254 g/mol. The Kier molecular flexibility index (Phi) is 3.73. The molecule has 1 saturated heterocycles. The van der Waals surface area contributed by atoms with Gasteiger partial charge in [0.25, 0.3) is 0 Å². The minimum absolute atomic E-state index is 0.589. The molecule has 20 heavy (non-hydrogen) atoms. The van der Waals surface area contributed by atoms with Crippen molar-refractivity contribution in [1.82, 2.24) is 20.3 Å². The van der Waals surface area contributed by atoms with Crippen molar-refractivity contribution in [1.29, 1.82) is 0 Å². The van der Waals surface area contributed by atoms with Crippen LogP contribution in [0.3, 0.4) is 0 Å². The van der Waals surface area contributed by atoms with Gasteiger partial charge in [-0.05, 0) is 12.1 Å². The molecule has 1 fully saturated rings. The van der Waals surface area contributed by atoms with Crippen LogP contribution in [0.5, 0.6) is 5.88 Å². The van der Waals surface area contributed by atoms with Crippen LogP contribution in [0.25, 0.3) is 11.1 Å². The molecule has 2 aromatic rings. The van der Waals surface area contributed by atoms with Crippen molar-refractivity contribution in [3.63, 3.8) is 0 Å². The highest BCUT2D eigenvalue weighted by Crippen LogP contribution is 2.26. The van der Waals surface area contributed by atoms with Gasteiger partial charge in [0.1, 0.15) is 0 Å². The van der Waals surface area contributed by atoms with Crippen molar-refractivity contribution in [2.45, 2.75) is 0 Å². The van der Waals surface area contributed by atoms with E-state index in [9.17, 15) is 0 Å². The first-order valence-corrected chi connectivity index (χ1v) is 6.65. The van der Waals surface area contributed by atoms with Gasteiger partial charge in [-0.3, -0.25) is 0 Å². The van der Waals surface area contributed by atoms with E-state index in [0.717, 1.165) is 43.3 Å². The Balaban J connectivity index is 1.85. The first kappa shape index (κ1) is 12.8. The lowest BCUT2D eigenvalue weighted by atomic mass is 10.1. The summed E-state index contributed by atoms with van der Waals surface area (Å²) in [5, 5.41) is 3.31. The number of ether oxygens (including phenoxy) is 1. The molecule has 3 rings (SSSR count). The first-order chi connectivity index (χ1) is 9.88. The molecule has 3 heterocycles. The Hall–Kier alpha value is -2.21. The van der Waals surface area contributed by atoms with Crippen LogP contribution in [0.4, 0.5) is 5.95 Å². The van der Waals surface area contributed by atoms with E-state index in [1.54, 1.807) is 13.3 Å². The van der Waals surface area contributed by atoms with Crippen molar-refractivity contribution in [2.24, 2.45) is 0 Å². The van der Waals surface area contributed by atoms with Gasteiger partial charge in [-0.25, -0.2) is 15.0 Å². The second-order valence-electron chi connectivity index (χ2n) is 4.57. The van der Waals surface area contributed by atoms with Crippen LogP contribution in [0, 0.1) is 0 Å². The highest BCUT2D eigenvalue weighted by molar-refractivity contribution is 5.67. The van der Waals surface area contributed by atoms with Gasteiger partial charge in [-0.15, -0.1) is 0 Å². The minimum atomic E-state index is 0.589. The van der Waals surface area contributed by atoms with Gasteiger partial charge in [0, 0.05) is 55.9 Å². The van der Waals surface area contributed by atoms with E-state index in [1.165, 1.54) is 0 Å². The quantitative estimate of drug-likeness (QED) is 0.897. The topological polar surface area (TPSA) is 63.2 Å². The predicted octanol–water partition coefficient (Wildman–Crippen LogP) is 0.957. The number of anilines is 1. The van der Waals surface area contributed by atoms with Crippen molar-refractivity contribution >= 4 is 5.95 Å². The Bertz CT molecular complexity index is 566. The molecule has 1 N–H and O–H groups in total. The maximum absolute atomic E-state index is 5.26. The summed E-state index contributed by atoms with van der Waals surface area (Å²) in [4.78, 5) is 15.3. The monoisotopic (exact) mass is 271 g/mol. The standard InChI is InChI=1S/C14H17N5O/c1-20-13-12(3-2-4-16-13)11-9-17-14(18-10-11)19-7-5-15-6-8-19/h2-4,9-10,15H,5-8H2,1H3. The van der Waals surface area contributed by atoms with Gasteiger partial charge in [0.05, 0.1) is 7.11 Å². The lowest BCUT2D eigenvalue weighted by molar-refractivity contribution is 0.399. The van der Waals surface area contributed by atoms with Gasteiger partial charge in [-0.2, -0.15) is 0 Å². The van der Waals surface area contributed by atoms with Crippen molar-refractivity contribution in [3.05, 3.63) is 30.7 Å². The van der Waals surface area contributed by atoms with Crippen molar-refractivity contribution < 1.29 is 4.74 Å². The van der Waals surface area contributed by atoms with Crippen LogP contribution in [0.15, 0.2) is 30.7 Å². The largest absolute Gasteiger partial charge is 0.481 e. The molecule has 104 valence electrons. The van der Waals surface area contributed by atoms with Crippen molar-refractivity contribution in [3.8, 4) is 17.0 Å². The molecule has 0 amide bonds. The fourth-order valence-corrected chi connectivity index (χ4v) is 2.26. The Morgan fingerprint density at radius 1 is 1.15 bits per heavy atom. The van der Waals surface area contributed by atoms with Gasteiger partial charge in [0.15, 0.2) is 0 Å². The second kappa shape index (κ2) is 5.83. The van der Waals surface area contributed by atoms with E-state index >= 15 is 0 Å². The maximum Gasteiger partial charge on any atom is 0.225 e. The third kappa shape index (κ3) is 2.55. The number of hydrogen-bond acceptors (Lipinski definition) is 6. The molecule has 0 spiro atoms. The molecular formula is C14H17N5O. The van der Waals surface area contributed by atoms with Crippen molar-refractivity contribution in [2.75, 3.05) is 38.2 Å². The Morgan fingerprint density at radius 3 is 2.60 bits per heavy atom. The zero-order valence-electron chi connectivity index (χ0n) is 11.4. The van der Waals surface area contributed by atoms with E-state index in [2.05, 4.69) is 25.2 Å². The van der Waals surface area contributed by atoms with E-state index in [4.69, 9.17) is 4.74 Å². The Morgan fingerprint density at radius 2 is 1.90 bits per heavy atom. The molecule has 6 heteroatoms. The van der Waals surface area contributed by atoms with Crippen LogP contribution in [-0.4, -0.2) is 48.2 Å². The zero-order chi connectivity index (χ0) is 13.8. The smallest absolute Gasteiger partial charge is 0.225 e. The summed E-state index contributed by atoms with van der Waals surface area (Å²) < 4.78 is 5.26. The third-order valence-electron chi connectivity index (χ3n) is 3.31. The van der Waals surface area contributed by atoms with E-state index < -0.39 is 0 Å².